The second kappa shape index (κ2) is 5.55. The van der Waals surface area contributed by atoms with E-state index in [1.165, 1.54) is 13.8 Å². The molecule has 0 aromatic heterocycles. The van der Waals surface area contributed by atoms with Crippen LogP contribution in [0.2, 0.25) is 0 Å². The zero-order chi connectivity index (χ0) is 15.6. The van der Waals surface area contributed by atoms with Crippen molar-refractivity contribution in [2.75, 3.05) is 18.2 Å². The van der Waals surface area contributed by atoms with E-state index >= 15 is 0 Å². The molecular weight excluding hydrogens is 272 g/mol. The maximum absolute atomic E-state index is 12.5. The number of benzene rings is 1. The first kappa shape index (κ1) is 15.0. The number of hydrogen-bond acceptors (Lipinski definition) is 5. The van der Waals surface area contributed by atoms with Crippen LogP contribution in [-0.4, -0.2) is 35.9 Å². The van der Waals surface area contributed by atoms with Crippen LogP contribution in [0.5, 0.6) is 0 Å². The van der Waals surface area contributed by atoms with E-state index in [0.29, 0.717) is 0 Å². The molecule has 1 aromatic carbocycles. The first-order valence-corrected chi connectivity index (χ1v) is 6.66. The van der Waals surface area contributed by atoms with Gasteiger partial charge in [-0.25, -0.2) is 0 Å². The highest BCUT2D eigenvalue weighted by atomic mass is 16.5. The van der Waals surface area contributed by atoms with Crippen molar-refractivity contribution in [1.82, 2.24) is 5.01 Å². The van der Waals surface area contributed by atoms with Gasteiger partial charge >= 0.3 is 5.97 Å². The van der Waals surface area contributed by atoms with Crippen molar-refractivity contribution < 1.29 is 19.1 Å². The summed E-state index contributed by atoms with van der Waals surface area (Å²) >= 11 is 0. The molecule has 1 atom stereocenters. The summed E-state index contributed by atoms with van der Waals surface area (Å²) in [5, 5.41) is 2.73. The Bertz CT molecular complexity index is 572. The SMILES string of the molecule is CC(=O)OC[C@@]1(C)CN(c2ccccc2)N(C(C)=O)C1=O. The zero-order valence-corrected chi connectivity index (χ0v) is 12.3. The maximum Gasteiger partial charge on any atom is 0.302 e. The Morgan fingerprint density at radius 1 is 1.24 bits per heavy atom. The molecule has 112 valence electrons. The van der Waals surface area contributed by atoms with Gasteiger partial charge in [0.2, 0.25) is 5.91 Å². The summed E-state index contributed by atoms with van der Waals surface area (Å²) < 4.78 is 4.99. The van der Waals surface area contributed by atoms with Crippen LogP contribution >= 0.6 is 0 Å². The Hall–Kier alpha value is -2.37. The summed E-state index contributed by atoms with van der Waals surface area (Å²) in [6, 6.07) is 9.17. The summed E-state index contributed by atoms with van der Waals surface area (Å²) in [5.41, 5.74) is -0.194. The normalized spacial score (nSPS) is 21.6. The molecule has 1 aromatic rings. The van der Waals surface area contributed by atoms with Crippen LogP contribution < -0.4 is 5.01 Å². The molecule has 21 heavy (non-hydrogen) atoms. The van der Waals surface area contributed by atoms with Crippen LogP contribution in [0.1, 0.15) is 20.8 Å². The van der Waals surface area contributed by atoms with Gasteiger partial charge in [-0.1, -0.05) is 18.2 Å². The molecule has 2 amide bonds. The summed E-state index contributed by atoms with van der Waals surface area (Å²) in [6.07, 6.45) is 0. The molecule has 0 saturated carbocycles. The van der Waals surface area contributed by atoms with Gasteiger partial charge in [-0.3, -0.25) is 19.4 Å². The van der Waals surface area contributed by atoms with Gasteiger partial charge in [0.05, 0.1) is 12.2 Å². The van der Waals surface area contributed by atoms with E-state index in [1.807, 2.05) is 30.3 Å². The van der Waals surface area contributed by atoms with E-state index in [4.69, 9.17) is 4.74 Å². The number of esters is 1. The zero-order valence-electron chi connectivity index (χ0n) is 12.3. The van der Waals surface area contributed by atoms with Crippen molar-refractivity contribution in [2.45, 2.75) is 20.8 Å². The van der Waals surface area contributed by atoms with Crippen LogP contribution in [0.3, 0.4) is 0 Å². The second-order valence-electron chi connectivity index (χ2n) is 5.37. The number of ether oxygens (including phenoxy) is 1. The third-order valence-corrected chi connectivity index (χ3v) is 3.40. The van der Waals surface area contributed by atoms with Gasteiger partial charge in [-0.15, -0.1) is 0 Å². The predicted octanol–water partition coefficient (Wildman–Crippen LogP) is 1.37. The Morgan fingerprint density at radius 3 is 2.38 bits per heavy atom. The fraction of sp³-hybridized carbons (Fsp3) is 0.400. The van der Waals surface area contributed by atoms with Crippen LogP contribution in [0.25, 0.3) is 0 Å². The minimum Gasteiger partial charge on any atom is -0.465 e. The van der Waals surface area contributed by atoms with E-state index in [0.717, 1.165) is 10.7 Å². The van der Waals surface area contributed by atoms with Gasteiger partial charge in [0.15, 0.2) is 0 Å². The van der Waals surface area contributed by atoms with Gasteiger partial charge in [0, 0.05) is 13.8 Å². The predicted molar refractivity (Wildman–Crippen MR) is 76.1 cm³/mol. The average molecular weight is 290 g/mol. The Morgan fingerprint density at radius 2 is 1.86 bits per heavy atom. The van der Waals surface area contributed by atoms with Crippen molar-refractivity contribution in [3.8, 4) is 0 Å². The summed E-state index contributed by atoms with van der Waals surface area (Å²) in [5.74, 6) is -1.17. The summed E-state index contributed by atoms with van der Waals surface area (Å²) in [6.45, 7) is 4.56. The minimum atomic E-state index is -0.937. The molecule has 1 heterocycles. The lowest BCUT2D eigenvalue weighted by molar-refractivity contribution is -0.150. The Balaban J connectivity index is 2.32. The van der Waals surface area contributed by atoms with E-state index < -0.39 is 11.4 Å². The summed E-state index contributed by atoms with van der Waals surface area (Å²) in [7, 11) is 0. The molecule has 0 spiro atoms. The van der Waals surface area contributed by atoms with Crippen LogP contribution in [0.15, 0.2) is 30.3 Å². The van der Waals surface area contributed by atoms with Crippen molar-refractivity contribution in [1.29, 1.82) is 0 Å². The molecule has 6 heteroatoms. The quantitative estimate of drug-likeness (QED) is 0.786. The molecule has 6 nitrogen and oxygen atoms in total. The molecule has 1 aliphatic rings. The van der Waals surface area contributed by atoms with Crippen molar-refractivity contribution >= 4 is 23.5 Å². The number of hydrazine groups is 1. The lowest BCUT2D eigenvalue weighted by Gasteiger charge is -2.26. The number of para-hydroxylation sites is 1. The fourth-order valence-electron chi connectivity index (χ4n) is 2.32. The lowest BCUT2D eigenvalue weighted by Crippen LogP contribution is -2.43. The first-order chi connectivity index (χ1) is 9.85. The summed E-state index contributed by atoms with van der Waals surface area (Å²) in [4.78, 5) is 35.3. The number of anilines is 1. The van der Waals surface area contributed by atoms with Gasteiger partial charge in [0.25, 0.3) is 5.91 Å². The van der Waals surface area contributed by atoms with E-state index in [1.54, 1.807) is 11.9 Å². The van der Waals surface area contributed by atoms with Crippen LogP contribution in [0.4, 0.5) is 5.69 Å². The van der Waals surface area contributed by atoms with Gasteiger partial charge in [-0.2, -0.15) is 5.01 Å². The minimum absolute atomic E-state index is 0.0473. The van der Waals surface area contributed by atoms with Gasteiger partial charge < -0.3 is 4.74 Å². The molecule has 2 rings (SSSR count). The topological polar surface area (TPSA) is 66.9 Å². The smallest absolute Gasteiger partial charge is 0.302 e. The van der Waals surface area contributed by atoms with Crippen LogP contribution in [0, 0.1) is 5.41 Å². The highest BCUT2D eigenvalue weighted by Gasteiger charge is 2.50. The molecule has 1 aliphatic heterocycles. The molecule has 0 aliphatic carbocycles. The van der Waals surface area contributed by atoms with E-state index in [9.17, 15) is 14.4 Å². The van der Waals surface area contributed by atoms with E-state index in [-0.39, 0.29) is 25.0 Å². The van der Waals surface area contributed by atoms with Crippen molar-refractivity contribution in [2.24, 2.45) is 5.41 Å². The average Bonchev–Trinajstić information content (AvgIpc) is 2.71. The largest absolute Gasteiger partial charge is 0.465 e. The van der Waals surface area contributed by atoms with Crippen molar-refractivity contribution in [3.05, 3.63) is 30.3 Å². The van der Waals surface area contributed by atoms with Crippen LogP contribution in [-0.2, 0) is 19.1 Å². The number of rotatable bonds is 3. The standard InChI is InChI=1S/C15H18N2O4/c1-11(18)17-14(20)15(3,10-21-12(2)19)9-16(17)13-7-5-4-6-8-13/h4-8H,9-10H2,1-3H3/t15-/m1/s1. The number of hydrogen-bond donors (Lipinski definition) is 0. The number of imide groups is 1. The Labute approximate surface area is 123 Å². The molecular formula is C15H18N2O4. The fourth-order valence-corrected chi connectivity index (χ4v) is 2.32. The first-order valence-electron chi connectivity index (χ1n) is 6.66. The molecule has 1 saturated heterocycles. The monoisotopic (exact) mass is 290 g/mol. The van der Waals surface area contributed by atoms with Gasteiger partial charge in [-0.05, 0) is 19.1 Å². The van der Waals surface area contributed by atoms with Gasteiger partial charge in [0.1, 0.15) is 12.0 Å². The van der Waals surface area contributed by atoms with Crippen molar-refractivity contribution in [3.63, 3.8) is 0 Å². The lowest BCUT2D eigenvalue weighted by atomic mass is 9.92. The Kier molecular flexibility index (Phi) is 3.97. The third kappa shape index (κ3) is 2.89. The number of carbonyl (C=O) groups excluding carboxylic acids is 3. The maximum atomic E-state index is 12.5. The molecule has 0 N–H and O–H groups in total. The molecule has 1 fully saturated rings. The molecule has 0 unspecified atom stereocenters. The number of carbonyl (C=O) groups is 3. The third-order valence-electron chi connectivity index (χ3n) is 3.40. The molecule has 0 bridgehead atoms. The highest BCUT2D eigenvalue weighted by Crippen LogP contribution is 2.34. The highest BCUT2D eigenvalue weighted by molar-refractivity contribution is 6.01. The van der Waals surface area contributed by atoms with E-state index in [2.05, 4.69) is 0 Å². The number of amides is 2. The molecule has 0 radical (unpaired) electrons. The second-order valence-corrected chi connectivity index (χ2v) is 5.37. The number of nitrogens with zero attached hydrogens (tertiary/aromatic N) is 2.